The normalized spacial score (nSPS) is 15.2. The van der Waals surface area contributed by atoms with E-state index in [0.29, 0.717) is 6.61 Å². The van der Waals surface area contributed by atoms with Gasteiger partial charge in [-0.1, -0.05) is 24.3 Å². The van der Waals surface area contributed by atoms with Crippen LogP contribution < -0.4 is 0 Å². The summed E-state index contributed by atoms with van der Waals surface area (Å²) < 4.78 is 64.2. The van der Waals surface area contributed by atoms with Crippen molar-refractivity contribution in [3.8, 4) is 0 Å². The number of fused-ring (bicyclic) bond motifs is 1. The second-order valence-corrected chi connectivity index (χ2v) is 8.60. The van der Waals surface area contributed by atoms with Crippen LogP contribution in [0.4, 0.5) is 25.2 Å². The van der Waals surface area contributed by atoms with Gasteiger partial charge in [0.2, 0.25) is 0 Å². The summed E-state index contributed by atoms with van der Waals surface area (Å²) in [6, 6.07) is 14.8. The zero-order valence-electron chi connectivity index (χ0n) is 14.0. The van der Waals surface area contributed by atoms with Crippen LogP contribution in [0.2, 0.25) is 0 Å². The van der Waals surface area contributed by atoms with Crippen LogP contribution >= 0.6 is 7.81 Å². The number of rotatable bonds is 5. The Morgan fingerprint density at radius 2 is 1.58 bits per heavy atom. The Bertz CT molecular complexity index is 753. The SMILES string of the molecule is CCOC(=O)C(C)C[SH+]c1ccc2ccccc2c1.F[P-](F)(F)(F)(F)F. The van der Waals surface area contributed by atoms with E-state index in [1.807, 2.05) is 26.0 Å². The van der Waals surface area contributed by atoms with Gasteiger partial charge in [0.1, 0.15) is 5.75 Å². The Hall–Kier alpha value is -1.47. The third kappa shape index (κ3) is 11.2. The quantitative estimate of drug-likeness (QED) is 0.179. The fraction of sp³-hybridized carbons (Fsp3) is 0.312. The van der Waals surface area contributed by atoms with Crippen LogP contribution in [0.3, 0.4) is 0 Å². The standard InChI is InChI=1S/C16H18O2S.F6P/c1-3-18-16(17)12(2)11-19-15-9-8-13-6-4-5-7-14(13)10-15;1-7(2,3,4,5)6/h4-10,12H,3,11H2,1-2H3;/q;-1/p+1. The zero-order chi connectivity index (χ0) is 20.1. The van der Waals surface area contributed by atoms with Crippen LogP contribution in [-0.2, 0) is 21.3 Å². The summed E-state index contributed by atoms with van der Waals surface area (Å²) in [4.78, 5) is 12.8. The Morgan fingerprint density at radius 3 is 2.12 bits per heavy atom. The molecule has 0 aliphatic carbocycles. The minimum absolute atomic E-state index is 0.0481. The Labute approximate surface area is 151 Å². The summed E-state index contributed by atoms with van der Waals surface area (Å²) in [6.07, 6.45) is 0. The summed E-state index contributed by atoms with van der Waals surface area (Å²) in [5.74, 6) is 0.654. The van der Waals surface area contributed by atoms with Crippen molar-refractivity contribution in [2.75, 3.05) is 12.4 Å². The number of benzene rings is 2. The van der Waals surface area contributed by atoms with E-state index in [2.05, 4.69) is 30.3 Å². The van der Waals surface area contributed by atoms with Gasteiger partial charge >= 0.3 is 39.0 Å². The molecule has 0 saturated carbocycles. The van der Waals surface area contributed by atoms with Crippen molar-refractivity contribution in [1.29, 1.82) is 0 Å². The predicted molar refractivity (Wildman–Crippen MR) is 95.2 cm³/mol. The van der Waals surface area contributed by atoms with E-state index in [4.69, 9.17) is 4.74 Å². The molecule has 2 aromatic rings. The Morgan fingerprint density at radius 1 is 1.04 bits per heavy atom. The molecule has 0 heterocycles. The molecule has 148 valence electrons. The fourth-order valence-corrected chi connectivity index (χ4v) is 2.92. The summed E-state index contributed by atoms with van der Waals surface area (Å²) >= 11 is 1.17. The second kappa shape index (κ2) is 7.64. The van der Waals surface area contributed by atoms with Crippen LogP contribution in [0.1, 0.15) is 13.8 Å². The van der Waals surface area contributed by atoms with E-state index in [9.17, 15) is 30.0 Å². The molecule has 0 aromatic heterocycles. The third-order valence-corrected chi connectivity index (χ3v) is 4.34. The second-order valence-electron chi connectivity index (χ2n) is 5.48. The van der Waals surface area contributed by atoms with E-state index >= 15 is 0 Å². The molecule has 26 heavy (non-hydrogen) atoms. The zero-order valence-corrected chi connectivity index (χ0v) is 15.8. The number of carbonyl (C=O) groups is 1. The number of esters is 1. The van der Waals surface area contributed by atoms with Crippen LogP contribution in [0.25, 0.3) is 10.8 Å². The van der Waals surface area contributed by atoms with Gasteiger partial charge in [0.05, 0.1) is 12.5 Å². The molecular weight excluding hydrogens is 401 g/mol. The molecule has 0 aliphatic heterocycles. The van der Waals surface area contributed by atoms with Gasteiger partial charge in [-0.3, -0.25) is 4.79 Å². The summed E-state index contributed by atoms with van der Waals surface area (Å²) in [5.41, 5.74) is 0. The number of ether oxygens (including phenoxy) is 1. The van der Waals surface area contributed by atoms with Gasteiger partial charge in [-0.05, 0) is 36.8 Å². The molecule has 0 radical (unpaired) electrons. The first-order chi connectivity index (χ1) is 11.7. The average molecular weight is 420 g/mol. The van der Waals surface area contributed by atoms with Crippen molar-refractivity contribution in [3.05, 3.63) is 42.5 Å². The first-order valence-corrected chi connectivity index (χ1v) is 10.7. The van der Waals surface area contributed by atoms with Crippen LogP contribution in [-0.4, -0.2) is 18.3 Å². The monoisotopic (exact) mass is 420 g/mol. The van der Waals surface area contributed by atoms with Gasteiger partial charge in [-0.15, -0.1) is 0 Å². The molecule has 0 fully saturated rings. The average Bonchev–Trinajstić information content (AvgIpc) is 2.49. The van der Waals surface area contributed by atoms with E-state index in [-0.39, 0.29) is 11.9 Å². The molecule has 1 unspecified atom stereocenters. The molecule has 2 aromatic carbocycles. The first-order valence-electron chi connectivity index (χ1n) is 7.55. The number of hydrogen-bond donors (Lipinski definition) is 0. The number of carbonyl (C=O) groups excluding carboxylic acids is 1. The molecular formula is C16H19F6O2PS. The molecule has 0 aliphatic rings. The summed E-state index contributed by atoms with van der Waals surface area (Å²) in [7, 11) is -10.7. The van der Waals surface area contributed by atoms with E-state index in [0.717, 1.165) is 5.75 Å². The van der Waals surface area contributed by atoms with E-state index in [1.54, 1.807) is 0 Å². The molecule has 0 bridgehead atoms. The Balaban J connectivity index is 0.000000412. The molecule has 2 rings (SSSR count). The van der Waals surface area contributed by atoms with Gasteiger partial charge < -0.3 is 4.74 Å². The van der Waals surface area contributed by atoms with Crippen molar-refractivity contribution >= 4 is 36.3 Å². The van der Waals surface area contributed by atoms with Gasteiger partial charge in [0.25, 0.3) is 0 Å². The van der Waals surface area contributed by atoms with Crippen molar-refractivity contribution < 1.29 is 34.7 Å². The Kier molecular flexibility index (Phi) is 6.64. The summed E-state index contributed by atoms with van der Waals surface area (Å²) in [6.45, 7) is 4.22. The maximum atomic E-state index is 11.5. The molecule has 0 N–H and O–H groups in total. The van der Waals surface area contributed by atoms with Crippen LogP contribution in [0.5, 0.6) is 0 Å². The number of halogens is 6. The van der Waals surface area contributed by atoms with Gasteiger partial charge in [0, 0.05) is 17.8 Å². The van der Waals surface area contributed by atoms with Crippen LogP contribution in [0.15, 0.2) is 47.4 Å². The van der Waals surface area contributed by atoms with Crippen LogP contribution in [0, 0.1) is 5.92 Å². The van der Waals surface area contributed by atoms with Gasteiger partial charge in [-0.25, -0.2) is 0 Å². The topological polar surface area (TPSA) is 26.3 Å². The molecule has 0 saturated heterocycles. The molecule has 1 atom stereocenters. The number of thiol groups is 1. The van der Waals surface area contributed by atoms with E-state index in [1.165, 1.54) is 27.4 Å². The third-order valence-electron chi connectivity index (χ3n) is 2.97. The van der Waals surface area contributed by atoms with Crippen molar-refractivity contribution in [1.82, 2.24) is 0 Å². The summed E-state index contributed by atoms with van der Waals surface area (Å²) in [5, 5.41) is 2.50. The first kappa shape index (κ1) is 22.6. The number of hydrogen-bond acceptors (Lipinski definition) is 2. The predicted octanol–water partition coefficient (Wildman–Crippen LogP) is 6.60. The minimum atomic E-state index is -10.7. The molecule has 10 heteroatoms. The molecule has 0 amide bonds. The van der Waals surface area contributed by atoms with Gasteiger partial charge in [0.15, 0.2) is 4.90 Å². The fourth-order valence-electron chi connectivity index (χ4n) is 1.88. The van der Waals surface area contributed by atoms with Gasteiger partial charge in [-0.2, -0.15) is 0 Å². The van der Waals surface area contributed by atoms with Crippen molar-refractivity contribution in [2.45, 2.75) is 18.7 Å². The molecule has 0 spiro atoms. The molecule has 2 nitrogen and oxygen atoms in total. The van der Waals surface area contributed by atoms with Crippen molar-refractivity contribution in [2.24, 2.45) is 5.92 Å². The van der Waals surface area contributed by atoms with Crippen molar-refractivity contribution in [3.63, 3.8) is 0 Å². The maximum absolute atomic E-state index is 11.5. The van der Waals surface area contributed by atoms with E-state index < -0.39 is 7.81 Å².